The number of alkyl halides is 6. The molecule has 0 heterocycles. The fraction of sp³-hybridized carbons (Fsp3) is 1.00. The normalized spacial score (nSPS) is 15.0. The van der Waals surface area contributed by atoms with Crippen LogP contribution < -0.4 is 0 Å². The second-order valence-corrected chi connectivity index (χ2v) is 3.45. The summed E-state index contributed by atoms with van der Waals surface area (Å²) in [6.45, 7) is 2.34. The number of aliphatic hydroxyl groups is 1. The van der Waals surface area contributed by atoms with Crippen LogP contribution in [0.4, 0.5) is 26.3 Å². The maximum atomic E-state index is 12.0. The topological polar surface area (TPSA) is 20.2 Å². The zero-order valence-corrected chi connectivity index (χ0v) is 7.50. The summed E-state index contributed by atoms with van der Waals surface area (Å²) in [5.41, 5.74) is -4.60. The Kier molecular flexibility index (Phi) is 3.48. The Morgan fingerprint density at radius 1 is 0.929 bits per heavy atom. The van der Waals surface area contributed by atoms with Gasteiger partial charge in [0.15, 0.2) is 0 Å². The molecule has 0 saturated heterocycles. The van der Waals surface area contributed by atoms with Crippen molar-refractivity contribution < 1.29 is 31.4 Å². The Labute approximate surface area is 76.7 Å². The van der Waals surface area contributed by atoms with Crippen LogP contribution in [0.1, 0.15) is 20.3 Å². The smallest absolute Gasteiger partial charge is 0.374 e. The monoisotopic (exact) mass is 224 g/mol. The number of rotatable bonds is 2. The van der Waals surface area contributed by atoms with Crippen LogP contribution in [0.2, 0.25) is 0 Å². The van der Waals surface area contributed by atoms with E-state index < -0.39 is 30.3 Å². The molecule has 0 aromatic carbocycles. The molecule has 0 fully saturated rings. The van der Waals surface area contributed by atoms with Crippen LogP contribution in [0, 0.1) is 5.92 Å². The first-order valence-electron chi connectivity index (χ1n) is 3.77. The first-order chi connectivity index (χ1) is 5.92. The summed E-state index contributed by atoms with van der Waals surface area (Å²) in [7, 11) is 0. The Bertz CT molecular complexity index is 177. The minimum Gasteiger partial charge on any atom is -0.374 e. The average Bonchev–Trinajstić information content (AvgIpc) is 1.79. The molecular weight excluding hydrogens is 214 g/mol. The van der Waals surface area contributed by atoms with Crippen LogP contribution in [0.15, 0.2) is 0 Å². The molecule has 0 bridgehead atoms. The lowest BCUT2D eigenvalue weighted by atomic mass is 9.91. The van der Waals surface area contributed by atoms with Gasteiger partial charge >= 0.3 is 12.4 Å². The molecule has 14 heavy (non-hydrogen) atoms. The Hall–Kier alpha value is -0.460. The molecule has 0 aliphatic heterocycles. The number of hydrogen-bond donors (Lipinski definition) is 1. The summed E-state index contributed by atoms with van der Waals surface area (Å²) in [5.74, 6) is -0.914. The van der Waals surface area contributed by atoms with Gasteiger partial charge < -0.3 is 5.11 Å². The fourth-order valence-electron chi connectivity index (χ4n) is 0.983. The first kappa shape index (κ1) is 13.5. The van der Waals surface area contributed by atoms with Crippen molar-refractivity contribution in [1.82, 2.24) is 0 Å². The van der Waals surface area contributed by atoms with Crippen molar-refractivity contribution in [3.63, 3.8) is 0 Å². The Balaban J connectivity index is 5.07. The van der Waals surface area contributed by atoms with Crippen LogP contribution in [-0.2, 0) is 0 Å². The van der Waals surface area contributed by atoms with E-state index in [1.54, 1.807) is 0 Å². The van der Waals surface area contributed by atoms with E-state index in [0.29, 0.717) is 0 Å². The largest absolute Gasteiger partial charge is 0.426 e. The van der Waals surface area contributed by atoms with E-state index in [0.717, 1.165) is 0 Å². The standard InChI is InChI=1S/C7H10F6O/c1-4(2)3-5(14,6(8,9)10)7(11,12)13/h4,14H,3H2,1-2H3. The highest BCUT2D eigenvalue weighted by Gasteiger charge is 2.69. The van der Waals surface area contributed by atoms with E-state index in [9.17, 15) is 26.3 Å². The van der Waals surface area contributed by atoms with Crippen molar-refractivity contribution in [3.05, 3.63) is 0 Å². The van der Waals surface area contributed by atoms with Crippen molar-refractivity contribution in [2.24, 2.45) is 5.92 Å². The van der Waals surface area contributed by atoms with Gasteiger partial charge in [-0.25, -0.2) is 0 Å². The molecule has 0 amide bonds. The third kappa shape index (κ3) is 2.52. The van der Waals surface area contributed by atoms with Crippen LogP contribution in [0.5, 0.6) is 0 Å². The molecule has 0 radical (unpaired) electrons. The molecule has 86 valence electrons. The van der Waals surface area contributed by atoms with Gasteiger partial charge in [0.05, 0.1) is 0 Å². The summed E-state index contributed by atoms with van der Waals surface area (Å²) in [6, 6.07) is 0. The molecule has 0 saturated carbocycles. The molecule has 0 aromatic heterocycles. The maximum Gasteiger partial charge on any atom is 0.426 e. The van der Waals surface area contributed by atoms with Gasteiger partial charge in [0, 0.05) is 0 Å². The van der Waals surface area contributed by atoms with E-state index >= 15 is 0 Å². The lowest BCUT2D eigenvalue weighted by Gasteiger charge is -2.33. The van der Waals surface area contributed by atoms with Crippen molar-refractivity contribution in [1.29, 1.82) is 0 Å². The minimum atomic E-state index is -5.70. The number of hydrogen-bond acceptors (Lipinski definition) is 1. The SMILES string of the molecule is CC(C)CC(O)(C(F)(F)F)C(F)(F)F. The van der Waals surface area contributed by atoms with Gasteiger partial charge in [0.25, 0.3) is 5.60 Å². The molecule has 0 spiro atoms. The summed E-state index contributed by atoms with van der Waals surface area (Å²) in [6.07, 6.45) is -12.8. The lowest BCUT2D eigenvalue weighted by Crippen LogP contribution is -2.57. The van der Waals surface area contributed by atoms with E-state index in [2.05, 4.69) is 0 Å². The van der Waals surface area contributed by atoms with Crippen molar-refractivity contribution in [2.75, 3.05) is 0 Å². The van der Waals surface area contributed by atoms with E-state index in [1.807, 2.05) is 0 Å². The highest BCUT2D eigenvalue weighted by molar-refractivity contribution is 4.94. The first-order valence-corrected chi connectivity index (χ1v) is 3.77. The van der Waals surface area contributed by atoms with Crippen molar-refractivity contribution in [3.8, 4) is 0 Å². The van der Waals surface area contributed by atoms with E-state index in [1.165, 1.54) is 13.8 Å². The predicted octanol–water partition coefficient (Wildman–Crippen LogP) is 2.89. The average molecular weight is 224 g/mol. The quantitative estimate of drug-likeness (QED) is 0.715. The van der Waals surface area contributed by atoms with Gasteiger partial charge in [-0.2, -0.15) is 26.3 Å². The maximum absolute atomic E-state index is 12.0. The van der Waals surface area contributed by atoms with Crippen molar-refractivity contribution >= 4 is 0 Å². The molecule has 1 nitrogen and oxygen atoms in total. The van der Waals surface area contributed by atoms with Gasteiger partial charge in [-0.3, -0.25) is 0 Å². The molecule has 0 aliphatic carbocycles. The third-order valence-corrected chi connectivity index (χ3v) is 1.64. The Morgan fingerprint density at radius 2 is 1.21 bits per heavy atom. The van der Waals surface area contributed by atoms with Gasteiger partial charge in [-0.1, -0.05) is 13.8 Å². The van der Waals surface area contributed by atoms with Crippen LogP contribution in [-0.4, -0.2) is 23.1 Å². The zero-order valence-electron chi connectivity index (χ0n) is 7.50. The molecular formula is C7H10F6O. The molecule has 0 unspecified atom stereocenters. The predicted molar refractivity (Wildman–Crippen MR) is 36.5 cm³/mol. The third-order valence-electron chi connectivity index (χ3n) is 1.64. The van der Waals surface area contributed by atoms with Crippen LogP contribution >= 0.6 is 0 Å². The molecule has 7 heteroatoms. The molecule has 0 rings (SSSR count). The number of halogens is 6. The minimum absolute atomic E-state index is 0.914. The van der Waals surface area contributed by atoms with Gasteiger partial charge in [-0.05, 0) is 12.3 Å². The van der Waals surface area contributed by atoms with E-state index in [4.69, 9.17) is 5.11 Å². The molecule has 0 atom stereocenters. The van der Waals surface area contributed by atoms with Gasteiger partial charge in [-0.15, -0.1) is 0 Å². The summed E-state index contributed by atoms with van der Waals surface area (Å²) >= 11 is 0. The highest BCUT2D eigenvalue weighted by atomic mass is 19.4. The summed E-state index contributed by atoms with van der Waals surface area (Å²) in [5, 5.41) is 8.60. The van der Waals surface area contributed by atoms with Crippen molar-refractivity contribution in [2.45, 2.75) is 38.2 Å². The van der Waals surface area contributed by atoms with E-state index in [-0.39, 0.29) is 0 Å². The summed E-state index contributed by atoms with van der Waals surface area (Å²) < 4.78 is 71.9. The molecule has 0 aliphatic rings. The molecule has 0 aromatic rings. The fourth-order valence-corrected chi connectivity index (χ4v) is 0.983. The summed E-state index contributed by atoms with van der Waals surface area (Å²) in [4.78, 5) is 0. The second-order valence-electron chi connectivity index (χ2n) is 3.45. The highest BCUT2D eigenvalue weighted by Crippen LogP contribution is 2.46. The van der Waals surface area contributed by atoms with Crippen LogP contribution in [0.25, 0.3) is 0 Å². The van der Waals surface area contributed by atoms with Gasteiger partial charge in [0.1, 0.15) is 0 Å². The lowest BCUT2D eigenvalue weighted by molar-refractivity contribution is -0.372. The van der Waals surface area contributed by atoms with Crippen LogP contribution in [0.3, 0.4) is 0 Å². The Morgan fingerprint density at radius 3 is 1.29 bits per heavy atom. The van der Waals surface area contributed by atoms with Gasteiger partial charge in [0.2, 0.25) is 0 Å². The zero-order chi connectivity index (χ0) is 11.8. The second kappa shape index (κ2) is 3.60. The molecule has 1 N–H and O–H groups in total.